The Morgan fingerprint density at radius 2 is 1.74 bits per heavy atom. The van der Waals surface area contributed by atoms with E-state index in [9.17, 15) is 4.79 Å². The molecule has 0 fully saturated rings. The van der Waals surface area contributed by atoms with Gasteiger partial charge in [0.2, 0.25) is 5.91 Å². The van der Waals surface area contributed by atoms with E-state index >= 15 is 0 Å². The number of carbonyl (C=O) groups excluding carboxylic acids is 1. The molecule has 0 atom stereocenters. The number of carbonyl (C=O) groups is 1. The Bertz CT molecular complexity index is 1070. The molecule has 0 bridgehead atoms. The van der Waals surface area contributed by atoms with Gasteiger partial charge in [-0.25, -0.2) is 0 Å². The zero-order chi connectivity index (χ0) is 18.5. The lowest BCUT2D eigenvalue weighted by atomic mass is 10.3. The minimum atomic E-state index is -0.142. The van der Waals surface area contributed by atoms with Crippen molar-refractivity contribution in [3.8, 4) is 11.5 Å². The number of hydrogen-bond acceptors (Lipinski definition) is 5. The van der Waals surface area contributed by atoms with Crippen molar-refractivity contribution in [2.75, 3.05) is 11.1 Å². The fourth-order valence-corrected chi connectivity index (χ4v) is 3.23. The Kier molecular flexibility index (Phi) is 5.02. The number of pyridine rings is 1. The van der Waals surface area contributed by atoms with Crippen LogP contribution in [0.2, 0.25) is 0 Å². The lowest BCUT2D eigenvalue weighted by Gasteiger charge is -2.12. The van der Waals surface area contributed by atoms with Gasteiger partial charge in [-0.05, 0) is 36.4 Å². The number of amides is 1. The van der Waals surface area contributed by atoms with Gasteiger partial charge in [-0.3, -0.25) is 9.20 Å². The number of benzene rings is 2. The van der Waals surface area contributed by atoms with Crippen molar-refractivity contribution < 1.29 is 9.53 Å². The third-order valence-corrected chi connectivity index (χ3v) is 4.69. The molecule has 7 heteroatoms. The van der Waals surface area contributed by atoms with E-state index in [1.54, 1.807) is 0 Å². The van der Waals surface area contributed by atoms with Gasteiger partial charge >= 0.3 is 0 Å². The van der Waals surface area contributed by atoms with Gasteiger partial charge in [0.05, 0.1) is 11.4 Å². The molecular formula is C20H16N4O2S. The molecule has 0 unspecified atom stereocenters. The first kappa shape index (κ1) is 17.1. The Balaban J connectivity index is 1.42. The zero-order valence-corrected chi connectivity index (χ0v) is 15.1. The molecule has 4 rings (SSSR count). The van der Waals surface area contributed by atoms with E-state index in [0.29, 0.717) is 22.3 Å². The van der Waals surface area contributed by atoms with Crippen molar-refractivity contribution in [2.45, 2.75) is 5.16 Å². The summed E-state index contributed by atoms with van der Waals surface area (Å²) < 4.78 is 7.72. The number of hydrogen-bond donors (Lipinski definition) is 1. The average Bonchev–Trinajstić information content (AvgIpc) is 3.12. The molecule has 2 aromatic heterocycles. The van der Waals surface area contributed by atoms with E-state index in [0.717, 1.165) is 5.65 Å². The predicted octanol–water partition coefficient (Wildman–Crippen LogP) is 4.25. The summed E-state index contributed by atoms with van der Waals surface area (Å²) in [5.41, 5.74) is 1.38. The fraction of sp³-hybridized carbons (Fsp3) is 0.0500. The number of nitrogens with zero attached hydrogens (tertiary/aromatic N) is 3. The van der Waals surface area contributed by atoms with Gasteiger partial charge in [-0.15, -0.1) is 10.2 Å². The number of ether oxygens (including phenoxy) is 1. The highest BCUT2D eigenvalue weighted by Gasteiger charge is 2.11. The van der Waals surface area contributed by atoms with E-state index in [1.165, 1.54) is 11.8 Å². The van der Waals surface area contributed by atoms with Crippen molar-refractivity contribution in [3.05, 3.63) is 79.0 Å². The summed E-state index contributed by atoms with van der Waals surface area (Å²) in [6, 6.07) is 22.5. The second kappa shape index (κ2) is 7.92. The Morgan fingerprint density at radius 3 is 2.63 bits per heavy atom. The molecule has 4 aromatic rings. The molecule has 2 aromatic carbocycles. The van der Waals surface area contributed by atoms with E-state index in [1.807, 2.05) is 83.4 Å². The maximum absolute atomic E-state index is 12.4. The van der Waals surface area contributed by atoms with Gasteiger partial charge in [0.15, 0.2) is 16.6 Å². The highest BCUT2D eigenvalue weighted by molar-refractivity contribution is 7.99. The minimum absolute atomic E-state index is 0.142. The first-order valence-corrected chi connectivity index (χ1v) is 9.32. The van der Waals surface area contributed by atoms with Crippen molar-refractivity contribution in [2.24, 2.45) is 0 Å². The molecule has 27 heavy (non-hydrogen) atoms. The molecule has 0 saturated carbocycles. The van der Waals surface area contributed by atoms with Crippen molar-refractivity contribution >= 4 is 29.0 Å². The molecule has 1 N–H and O–H groups in total. The molecule has 2 heterocycles. The summed E-state index contributed by atoms with van der Waals surface area (Å²) in [4.78, 5) is 12.4. The van der Waals surface area contributed by atoms with Crippen LogP contribution in [0.5, 0.6) is 11.5 Å². The molecule has 0 aliphatic heterocycles. The van der Waals surface area contributed by atoms with Gasteiger partial charge in [-0.2, -0.15) is 0 Å². The number of anilines is 1. The van der Waals surface area contributed by atoms with Gasteiger partial charge < -0.3 is 10.1 Å². The van der Waals surface area contributed by atoms with Crippen molar-refractivity contribution in [1.29, 1.82) is 0 Å². The van der Waals surface area contributed by atoms with Gasteiger partial charge in [-0.1, -0.05) is 48.2 Å². The van der Waals surface area contributed by atoms with E-state index < -0.39 is 0 Å². The smallest absolute Gasteiger partial charge is 0.234 e. The summed E-state index contributed by atoms with van der Waals surface area (Å²) in [5.74, 6) is 1.38. The molecule has 6 nitrogen and oxygen atoms in total. The first-order chi connectivity index (χ1) is 13.3. The number of para-hydroxylation sites is 3. The SMILES string of the molecule is O=C(CSc1nnc2ccccn12)Nc1ccccc1Oc1ccccc1. The molecule has 1 amide bonds. The second-order valence-corrected chi connectivity index (χ2v) is 6.60. The van der Waals surface area contributed by atoms with Crippen LogP contribution in [-0.2, 0) is 4.79 Å². The van der Waals surface area contributed by atoms with E-state index in [4.69, 9.17) is 4.74 Å². The number of aromatic nitrogens is 3. The number of fused-ring (bicyclic) bond motifs is 1. The van der Waals surface area contributed by atoms with E-state index in [-0.39, 0.29) is 11.7 Å². The van der Waals surface area contributed by atoms with Crippen LogP contribution in [0.15, 0.2) is 84.1 Å². The van der Waals surface area contributed by atoms with Gasteiger partial charge in [0.1, 0.15) is 5.75 Å². The number of thioether (sulfide) groups is 1. The highest BCUT2D eigenvalue weighted by Crippen LogP contribution is 2.29. The summed E-state index contributed by atoms with van der Waals surface area (Å²) >= 11 is 1.33. The summed E-state index contributed by atoms with van der Waals surface area (Å²) in [5, 5.41) is 11.8. The average molecular weight is 376 g/mol. The monoisotopic (exact) mass is 376 g/mol. The standard InChI is InChI=1S/C20H16N4O2S/c25-19(14-27-20-23-22-18-12-6-7-13-24(18)20)21-16-10-4-5-11-17(16)26-15-8-2-1-3-9-15/h1-13H,14H2,(H,21,25). The molecule has 0 radical (unpaired) electrons. The topological polar surface area (TPSA) is 68.5 Å². The number of nitrogens with one attached hydrogen (secondary N) is 1. The predicted molar refractivity (Wildman–Crippen MR) is 105 cm³/mol. The Morgan fingerprint density at radius 1 is 0.963 bits per heavy atom. The quantitative estimate of drug-likeness (QED) is 0.510. The lowest BCUT2D eigenvalue weighted by molar-refractivity contribution is -0.113. The summed E-state index contributed by atoms with van der Waals surface area (Å²) in [7, 11) is 0. The zero-order valence-electron chi connectivity index (χ0n) is 14.3. The molecule has 0 spiro atoms. The van der Waals surface area contributed by atoms with Gasteiger partial charge in [0.25, 0.3) is 0 Å². The molecule has 134 valence electrons. The summed E-state index contributed by atoms with van der Waals surface area (Å²) in [6.07, 6.45) is 1.87. The lowest BCUT2D eigenvalue weighted by Crippen LogP contribution is -2.14. The largest absolute Gasteiger partial charge is 0.455 e. The van der Waals surface area contributed by atoms with Crippen LogP contribution in [0.3, 0.4) is 0 Å². The van der Waals surface area contributed by atoms with Crippen molar-refractivity contribution in [1.82, 2.24) is 14.6 Å². The molecule has 0 saturated heterocycles. The van der Waals surface area contributed by atoms with Crippen LogP contribution in [0, 0.1) is 0 Å². The van der Waals surface area contributed by atoms with Crippen LogP contribution >= 0.6 is 11.8 Å². The molecule has 0 aliphatic carbocycles. The highest BCUT2D eigenvalue weighted by atomic mass is 32.2. The third kappa shape index (κ3) is 4.09. The first-order valence-electron chi connectivity index (χ1n) is 8.34. The summed E-state index contributed by atoms with van der Waals surface area (Å²) in [6.45, 7) is 0. The maximum atomic E-state index is 12.4. The number of rotatable bonds is 6. The van der Waals surface area contributed by atoms with Crippen LogP contribution in [0.4, 0.5) is 5.69 Å². The van der Waals surface area contributed by atoms with Crippen LogP contribution in [0.25, 0.3) is 5.65 Å². The normalized spacial score (nSPS) is 10.7. The second-order valence-electron chi connectivity index (χ2n) is 5.66. The van der Waals surface area contributed by atoms with Crippen molar-refractivity contribution in [3.63, 3.8) is 0 Å². The Hall–Kier alpha value is -3.32. The van der Waals surface area contributed by atoms with Crippen LogP contribution in [0.1, 0.15) is 0 Å². The van der Waals surface area contributed by atoms with Gasteiger partial charge in [0, 0.05) is 6.20 Å². The Labute approximate surface area is 160 Å². The van der Waals surface area contributed by atoms with Crippen LogP contribution in [-0.4, -0.2) is 26.3 Å². The minimum Gasteiger partial charge on any atom is -0.455 e. The van der Waals surface area contributed by atoms with E-state index in [2.05, 4.69) is 15.5 Å². The van der Waals surface area contributed by atoms with Crippen LogP contribution < -0.4 is 10.1 Å². The molecule has 0 aliphatic rings. The fourth-order valence-electron chi connectivity index (χ4n) is 2.51. The maximum Gasteiger partial charge on any atom is 0.234 e. The molecular weight excluding hydrogens is 360 g/mol. The third-order valence-electron chi connectivity index (χ3n) is 3.75.